The molecule has 4 heteroatoms. The molecule has 0 aliphatic heterocycles. The van der Waals surface area contributed by atoms with Crippen LogP contribution in [0.3, 0.4) is 0 Å². The molecule has 0 amide bonds. The maximum Gasteiger partial charge on any atom is 0.112 e. The van der Waals surface area contributed by atoms with Crippen LogP contribution in [0, 0.1) is 0 Å². The van der Waals surface area contributed by atoms with Crippen molar-refractivity contribution in [2.24, 2.45) is 0 Å². The first kappa shape index (κ1) is 13.9. The zero-order valence-electron chi connectivity index (χ0n) is 12.3. The highest BCUT2D eigenvalue weighted by Crippen LogP contribution is 2.23. The van der Waals surface area contributed by atoms with Gasteiger partial charge in [0.05, 0.1) is 11.0 Å². The van der Waals surface area contributed by atoms with Gasteiger partial charge in [-0.2, -0.15) is 0 Å². The van der Waals surface area contributed by atoms with Crippen molar-refractivity contribution in [1.29, 1.82) is 0 Å². The summed E-state index contributed by atoms with van der Waals surface area (Å²) in [5.41, 5.74) is 8.82. The molecule has 0 saturated carbocycles. The van der Waals surface area contributed by atoms with E-state index in [1.54, 1.807) is 0 Å². The molecule has 0 aliphatic rings. The van der Waals surface area contributed by atoms with Crippen LogP contribution in [0.5, 0.6) is 0 Å². The van der Waals surface area contributed by atoms with Crippen LogP contribution in [0.1, 0.15) is 32.0 Å². The van der Waals surface area contributed by atoms with Crippen molar-refractivity contribution < 1.29 is 0 Å². The number of rotatable bonds is 5. The second-order valence-electron chi connectivity index (χ2n) is 5.68. The number of aromatic nitrogens is 2. The molecule has 1 heterocycles. The topological polar surface area (TPSA) is 47.1 Å². The van der Waals surface area contributed by atoms with E-state index in [1.165, 1.54) is 5.52 Å². The zero-order chi connectivity index (χ0) is 14.0. The van der Waals surface area contributed by atoms with E-state index in [0.717, 1.165) is 36.5 Å². The second-order valence-corrected chi connectivity index (χ2v) is 5.68. The highest BCUT2D eigenvalue weighted by molar-refractivity contribution is 5.79. The molecular weight excluding hydrogens is 236 g/mol. The number of nitrogen functional groups attached to an aromatic ring is 1. The summed E-state index contributed by atoms with van der Waals surface area (Å²) in [6.45, 7) is 6.47. The van der Waals surface area contributed by atoms with E-state index in [9.17, 15) is 0 Å². The standard InChI is InChI=1S/C15H24N4/c1-11(2)15-17-13-10-12(16)6-7-14(13)19(15)9-5-8-18(3)4/h6-7,10-11H,5,8-9,16H2,1-4H3. The van der Waals surface area contributed by atoms with Crippen molar-refractivity contribution in [2.75, 3.05) is 26.4 Å². The average molecular weight is 260 g/mol. The smallest absolute Gasteiger partial charge is 0.112 e. The molecule has 0 unspecified atom stereocenters. The van der Waals surface area contributed by atoms with Gasteiger partial charge in [0.15, 0.2) is 0 Å². The molecule has 0 bridgehead atoms. The molecular formula is C15H24N4. The Morgan fingerprint density at radius 3 is 2.68 bits per heavy atom. The average Bonchev–Trinajstić information content (AvgIpc) is 2.67. The summed E-state index contributed by atoms with van der Waals surface area (Å²) in [5, 5.41) is 0. The summed E-state index contributed by atoms with van der Waals surface area (Å²) >= 11 is 0. The Kier molecular flexibility index (Phi) is 4.10. The van der Waals surface area contributed by atoms with Crippen LogP contribution >= 0.6 is 0 Å². The predicted molar refractivity (Wildman–Crippen MR) is 81.4 cm³/mol. The van der Waals surface area contributed by atoms with Crippen molar-refractivity contribution in [3.63, 3.8) is 0 Å². The fraction of sp³-hybridized carbons (Fsp3) is 0.533. The van der Waals surface area contributed by atoms with Crippen LogP contribution in [0.15, 0.2) is 18.2 Å². The van der Waals surface area contributed by atoms with Gasteiger partial charge in [0.2, 0.25) is 0 Å². The summed E-state index contributed by atoms with van der Waals surface area (Å²) in [5.74, 6) is 1.58. The van der Waals surface area contributed by atoms with Gasteiger partial charge in [0, 0.05) is 18.2 Å². The lowest BCUT2D eigenvalue weighted by Crippen LogP contribution is -2.16. The Morgan fingerprint density at radius 1 is 1.32 bits per heavy atom. The fourth-order valence-electron chi connectivity index (χ4n) is 2.39. The molecule has 0 radical (unpaired) electrons. The highest BCUT2D eigenvalue weighted by atomic mass is 15.1. The Morgan fingerprint density at radius 2 is 2.05 bits per heavy atom. The van der Waals surface area contributed by atoms with Crippen LogP contribution in [0.25, 0.3) is 11.0 Å². The van der Waals surface area contributed by atoms with Crippen LogP contribution in [0.2, 0.25) is 0 Å². The van der Waals surface area contributed by atoms with Gasteiger partial charge in [-0.05, 0) is 45.3 Å². The van der Waals surface area contributed by atoms with Gasteiger partial charge in [0.1, 0.15) is 5.82 Å². The van der Waals surface area contributed by atoms with E-state index in [-0.39, 0.29) is 0 Å². The summed E-state index contributed by atoms with van der Waals surface area (Å²) < 4.78 is 2.34. The number of fused-ring (bicyclic) bond motifs is 1. The molecule has 2 rings (SSSR count). The number of hydrogen-bond donors (Lipinski definition) is 1. The summed E-state index contributed by atoms with van der Waals surface area (Å²) in [6.07, 6.45) is 1.13. The number of hydrogen-bond acceptors (Lipinski definition) is 3. The van der Waals surface area contributed by atoms with Crippen LogP contribution in [0.4, 0.5) is 5.69 Å². The third kappa shape index (κ3) is 3.07. The maximum absolute atomic E-state index is 5.84. The number of nitrogens with two attached hydrogens (primary N) is 1. The van der Waals surface area contributed by atoms with Crippen molar-refractivity contribution in [1.82, 2.24) is 14.5 Å². The maximum atomic E-state index is 5.84. The molecule has 0 aliphatic carbocycles. The quantitative estimate of drug-likeness (QED) is 0.841. The molecule has 2 aromatic rings. The van der Waals surface area contributed by atoms with Gasteiger partial charge in [0.25, 0.3) is 0 Å². The van der Waals surface area contributed by atoms with Crippen LogP contribution in [-0.4, -0.2) is 35.1 Å². The Hall–Kier alpha value is -1.55. The van der Waals surface area contributed by atoms with E-state index in [0.29, 0.717) is 5.92 Å². The minimum absolute atomic E-state index is 0.424. The van der Waals surface area contributed by atoms with Crippen molar-refractivity contribution in [3.8, 4) is 0 Å². The van der Waals surface area contributed by atoms with Gasteiger partial charge in [-0.15, -0.1) is 0 Å². The second kappa shape index (κ2) is 5.61. The first-order valence-electron chi connectivity index (χ1n) is 6.89. The summed E-state index contributed by atoms with van der Waals surface area (Å²) in [4.78, 5) is 6.95. The zero-order valence-corrected chi connectivity index (χ0v) is 12.3. The van der Waals surface area contributed by atoms with Gasteiger partial charge < -0.3 is 15.2 Å². The summed E-state index contributed by atoms with van der Waals surface area (Å²) in [7, 11) is 4.21. The third-order valence-corrected chi connectivity index (χ3v) is 3.31. The molecule has 4 nitrogen and oxygen atoms in total. The largest absolute Gasteiger partial charge is 0.399 e. The minimum Gasteiger partial charge on any atom is -0.399 e. The Labute approximate surface area is 115 Å². The Balaban J connectivity index is 2.35. The van der Waals surface area contributed by atoms with Crippen molar-refractivity contribution in [3.05, 3.63) is 24.0 Å². The number of imidazole rings is 1. The third-order valence-electron chi connectivity index (χ3n) is 3.31. The monoisotopic (exact) mass is 260 g/mol. The van der Waals surface area contributed by atoms with Gasteiger partial charge >= 0.3 is 0 Å². The SMILES string of the molecule is CC(C)c1nc2cc(N)ccc2n1CCCN(C)C. The van der Waals surface area contributed by atoms with Crippen molar-refractivity contribution >= 4 is 16.7 Å². The number of aryl methyl sites for hydroxylation is 1. The van der Waals surface area contributed by atoms with Crippen molar-refractivity contribution in [2.45, 2.75) is 32.7 Å². The normalized spacial score (nSPS) is 11.9. The van der Waals surface area contributed by atoms with E-state index in [1.807, 2.05) is 12.1 Å². The molecule has 1 aromatic heterocycles. The van der Waals surface area contributed by atoms with Crippen LogP contribution in [-0.2, 0) is 6.54 Å². The van der Waals surface area contributed by atoms with E-state index in [2.05, 4.69) is 43.5 Å². The molecule has 104 valence electrons. The molecule has 0 atom stereocenters. The van der Waals surface area contributed by atoms with E-state index >= 15 is 0 Å². The van der Waals surface area contributed by atoms with E-state index in [4.69, 9.17) is 10.7 Å². The Bertz CT molecular complexity index is 555. The fourth-order valence-corrected chi connectivity index (χ4v) is 2.39. The molecule has 19 heavy (non-hydrogen) atoms. The number of benzene rings is 1. The summed E-state index contributed by atoms with van der Waals surface area (Å²) in [6, 6.07) is 6.00. The lowest BCUT2D eigenvalue weighted by molar-refractivity contribution is 0.385. The van der Waals surface area contributed by atoms with Gasteiger partial charge in [-0.3, -0.25) is 0 Å². The number of anilines is 1. The first-order chi connectivity index (χ1) is 8.99. The molecule has 0 spiro atoms. The van der Waals surface area contributed by atoms with Gasteiger partial charge in [-0.1, -0.05) is 13.8 Å². The molecule has 2 N–H and O–H groups in total. The van der Waals surface area contributed by atoms with Crippen LogP contribution < -0.4 is 5.73 Å². The molecule has 0 saturated heterocycles. The lowest BCUT2D eigenvalue weighted by atomic mass is 10.2. The lowest BCUT2D eigenvalue weighted by Gasteiger charge is -2.13. The minimum atomic E-state index is 0.424. The predicted octanol–water partition coefficient (Wildman–Crippen LogP) is 2.69. The number of nitrogens with zero attached hydrogens (tertiary/aromatic N) is 3. The molecule has 1 aromatic carbocycles. The highest BCUT2D eigenvalue weighted by Gasteiger charge is 2.13. The molecule has 0 fully saturated rings. The van der Waals surface area contributed by atoms with Gasteiger partial charge in [-0.25, -0.2) is 4.98 Å². The first-order valence-corrected chi connectivity index (χ1v) is 6.89. The van der Waals surface area contributed by atoms with E-state index < -0.39 is 0 Å².